The van der Waals surface area contributed by atoms with Crippen LogP contribution in [0.1, 0.15) is 15.2 Å². The first-order valence-corrected chi connectivity index (χ1v) is 8.17. The smallest absolute Gasteiger partial charge is 0.263 e. The fourth-order valence-corrected chi connectivity index (χ4v) is 3.22. The van der Waals surface area contributed by atoms with E-state index < -0.39 is 0 Å². The maximum Gasteiger partial charge on any atom is 0.263 e. The van der Waals surface area contributed by atoms with E-state index in [-0.39, 0.29) is 12.7 Å². The number of nitrogens with zero attached hydrogens (tertiary/aromatic N) is 4. The summed E-state index contributed by atoms with van der Waals surface area (Å²) in [6.07, 6.45) is 2.17. The molecule has 9 heteroatoms. The molecule has 4 rings (SSSR count). The minimum absolute atomic E-state index is 0.142. The molecule has 1 aliphatic heterocycles. The van der Waals surface area contributed by atoms with Crippen molar-refractivity contribution >= 4 is 17.2 Å². The van der Waals surface area contributed by atoms with E-state index in [0.717, 1.165) is 17.1 Å². The van der Waals surface area contributed by atoms with Crippen LogP contribution in [0.5, 0.6) is 11.5 Å². The number of thiophene rings is 1. The van der Waals surface area contributed by atoms with Crippen molar-refractivity contribution in [2.24, 2.45) is 0 Å². The normalized spacial score (nSPS) is 12.3. The Morgan fingerprint density at radius 3 is 3.08 bits per heavy atom. The van der Waals surface area contributed by atoms with Crippen molar-refractivity contribution in [3.05, 3.63) is 46.4 Å². The molecule has 0 aliphatic carbocycles. The largest absolute Gasteiger partial charge is 0.454 e. The summed E-state index contributed by atoms with van der Waals surface area (Å²) in [6, 6.07) is 7.60. The predicted octanol–water partition coefficient (Wildman–Crippen LogP) is 1.43. The van der Waals surface area contributed by atoms with Crippen LogP contribution in [-0.4, -0.2) is 39.5 Å². The number of carbonyl (C=O) groups excluding carboxylic acids is 1. The molecule has 8 nitrogen and oxygen atoms in total. The predicted molar refractivity (Wildman–Crippen MR) is 85.6 cm³/mol. The van der Waals surface area contributed by atoms with E-state index in [1.807, 2.05) is 29.6 Å². The Balaban J connectivity index is 1.38. The third-order valence-electron chi connectivity index (χ3n) is 3.58. The van der Waals surface area contributed by atoms with E-state index in [4.69, 9.17) is 9.47 Å². The van der Waals surface area contributed by atoms with Crippen LogP contribution in [0.25, 0.3) is 5.69 Å². The molecule has 1 aromatic carbocycles. The van der Waals surface area contributed by atoms with Crippen molar-refractivity contribution in [2.45, 2.75) is 6.42 Å². The number of rotatable bonds is 5. The minimum Gasteiger partial charge on any atom is -0.454 e. The molecule has 0 spiro atoms. The van der Waals surface area contributed by atoms with Gasteiger partial charge < -0.3 is 14.8 Å². The summed E-state index contributed by atoms with van der Waals surface area (Å²) < 4.78 is 12.1. The summed E-state index contributed by atoms with van der Waals surface area (Å²) in [5, 5.41) is 15.8. The van der Waals surface area contributed by atoms with Gasteiger partial charge in [0.05, 0.1) is 5.69 Å². The molecule has 3 aromatic rings. The number of aromatic nitrogens is 4. The lowest BCUT2D eigenvalue weighted by Gasteiger charge is -2.06. The van der Waals surface area contributed by atoms with Gasteiger partial charge in [0.1, 0.15) is 11.2 Å². The molecule has 3 heterocycles. The van der Waals surface area contributed by atoms with Crippen molar-refractivity contribution in [2.75, 3.05) is 13.3 Å². The third kappa shape index (κ3) is 2.81. The Morgan fingerprint density at radius 2 is 2.21 bits per heavy atom. The van der Waals surface area contributed by atoms with Crippen molar-refractivity contribution < 1.29 is 14.3 Å². The van der Waals surface area contributed by atoms with Crippen LogP contribution in [-0.2, 0) is 6.42 Å². The first-order chi connectivity index (χ1) is 11.8. The number of tetrazole rings is 1. The summed E-state index contributed by atoms with van der Waals surface area (Å²) >= 11 is 1.35. The summed E-state index contributed by atoms with van der Waals surface area (Å²) in [7, 11) is 0. The zero-order valence-corrected chi connectivity index (χ0v) is 13.3. The molecule has 0 bridgehead atoms. The van der Waals surface area contributed by atoms with Gasteiger partial charge in [-0.2, -0.15) is 4.68 Å². The van der Waals surface area contributed by atoms with Crippen LogP contribution in [0, 0.1) is 0 Å². The Hall–Kier alpha value is -2.94. The van der Waals surface area contributed by atoms with Crippen molar-refractivity contribution in [1.29, 1.82) is 0 Å². The lowest BCUT2D eigenvalue weighted by molar-refractivity contribution is 0.0958. The van der Waals surface area contributed by atoms with E-state index in [1.54, 1.807) is 0 Å². The standard InChI is InChI=1S/C15H13N5O3S/c21-15(14-11(4-6-24-14)20-8-17-18-19-20)16-5-3-10-1-2-12-13(7-10)23-9-22-12/h1-2,4,6-8H,3,5,9H2,(H,16,21). The highest BCUT2D eigenvalue weighted by Crippen LogP contribution is 2.32. The fraction of sp³-hybridized carbons (Fsp3) is 0.200. The third-order valence-corrected chi connectivity index (χ3v) is 4.49. The van der Waals surface area contributed by atoms with Gasteiger partial charge in [-0.25, -0.2) is 0 Å². The fourth-order valence-electron chi connectivity index (χ4n) is 2.42. The molecule has 1 N–H and O–H groups in total. The van der Waals surface area contributed by atoms with Gasteiger partial charge in [0.25, 0.3) is 5.91 Å². The van der Waals surface area contributed by atoms with Crippen LogP contribution < -0.4 is 14.8 Å². The molecule has 0 atom stereocenters. The second kappa shape index (κ2) is 6.28. The number of ether oxygens (including phenoxy) is 2. The molecule has 0 radical (unpaired) electrons. The number of fused-ring (bicyclic) bond motifs is 1. The Kier molecular flexibility index (Phi) is 3.83. The number of hydrogen-bond donors (Lipinski definition) is 1. The highest BCUT2D eigenvalue weighted by atomic mass is 32.1. The number of hydrogen-bond acceptors (Lipinski definition) is 7. The second-order valence-electron chi connectivity index (χ2n) is 5.08. The average molecular weight is 343 g/mol. The monoisotopic (exact) mass is 343 g/mol. The molecule has 0 unspecified atom stereocenters. The van der Waals surface area contributed by atoms with E-state index in [1.165, 1.54) is 22.3 Å². The Labute approximate surface area is 141 Å². The lowest BCUT2D eigenvalue weighted by atomic mass is 10.1. The van der Waals surface area contributed by atoms with Gasteiger partial charge in [0.15, 0.2) is 11.5 Å². The van der Waals surface area contributed by atoms with Gasteiger partial charge in [0.2, 0.25) is 6.79 Å². The second-order valence-corrected chi connectivity index (χ2v) is 6.00. The summed E-state index contributed by atoms with van der Waals surface area (Å²) in [6.45, 7) is 0.777. The summed E-state index contributed by atoms with van der Waals surface area (Å²) in [5.74, 6) is 1.36. The topological polar surface area (TPSA) is 91.2 Å². The zero-order valence-electron chi connectivity index (χ0n) is 12.5. The molecule has 1 aliphatic rings. The lowest BCUT2D eigenvalue weighted by Crippen LogP contribution is -2.25. The number of benzene rings is 1. The van der Waals surface area contributed by atoms with Gasteiger partial charge in [-0.1, -0.05) is 6.07 Å². The zero-order chi connectivity index (χ0) is 16.4. The summed E-state index contributed by atoms with van der Waals surface area (Å²) in [4.78, 5) is 12.9. The molecular formula is C15H13N5O3S. The SMILES string of the molecule is O=C(NCCc1ccc2c(c1)OCO2)c1sccc1-n1cnnn1. The first-order valence-electron chi connectivity index (χ1n) is 7.29. The van der Waals surface area contributed by atoms with E-state index in [9.17, 15) is 4.79 Å². The maximum atomic E-state index is 12.4. The molecule has 122 valence electrons. The van der Waals surface area contributed by atoms with Gasteiger partial charge in [0, 0.05) is 6.54 Å². The summed E-state index contributed by atoms with van der Waals surface area (Å²) in [5.41, 5.74) is 1.75. The molecule has 1 amide bonds. The molecule has 0 fully saturated rings. The average Bonchev–Trinajstić information content (AvgIpc) is 3.33. The van der Waals surface area contributed by atoms with Crippen molar-refractivity contribution in [1.82, 2.24) is 25.5 Å². The Morgan fingerprint density at radius 1 is 1.29 bits per heavy atom. The highest BCUT2D eigenvalue weighted by molar-refractivity contribution is 7.12. The van der Waals surface area contributed by atoms with Crippen LogP contribution in [0.3, 0.4) is 0 Å². The molecular weight excluding hydrogens is 330 g/mol. The van der Waals surface area contributed by atoms with Crippen molar-refractivity contribution in [3.63, 3.8) is 0 Å². The molecule has 2 aromatic heterocycles. The van der Waals surface area contributed by atoms with E-state index in [0.29, 0.717) is 23.5 Å². The molecule has 0 saturated heterocycles. The molecule has 0 saturated carbocycles. The number of amides is 1. The quantitative estimate of drug-likeness (QED) is 0.753. The van der Waals surface area contributed by atoms with Crippen LogP contribution >= 0.6 is 11.3 Å². The van der Waals surface area contributed by atoms with Crippen LogP contribution in [0.15, 0.2) is 36.0 Å². The van der Waals surface area contributed by atoms with Crippen LogP contribution in [0.4, 0.5) is 0 Å². The van der Waals surface area contributed by atoms with E-state index in [2.05, 4.69) is 20.8 Å². The van der Waals surface area contributed by atoms with Gasteiger partial charge in [-0.15, -0.1) is 16.4 Å². The minimum atomic E-state index is -0.142. The maximum absolute atomic E-state index is 12.4. The van der Waals surface area contributed by atoms with Crippen molar-refractivity contribution in [3.8, 4) is 17.2 Å². The van der Waals surface area contributed by atoms with Gasteiger partial charge in [-0.05, 0) is 46.0 Å². The highest BCUT2D eigenvalue weighted by Gasteiger charge is 2.16. The Bertz CT molecular complexity index is 862. The first kappa shape index (κ1) is 14.6. The number of carbonyl (C=O) groups is 1. The molecule has 24 heavy (non-hydrogen) atoms. The van der Waals surface area contributed by atoms with Crippen LogP contribution in [0.2, 0.25) is 0 Å². The van der Waals surface area contributed by atoms with Gasteiger partial charge in [-0.3, -0.25) is 4.79 Å². The van der Waals surface area contributed by atoms with Gasteiger partial charge >= 0.3 is 0 Å². The van der Waals surface area contributed by atoms with E-state index >= 15 is 0 Å². The number of nitrogens with one attached hydrogen (secondary N) is 1.